The molecule has 4 nitrogen and oxygen atoms in total. The smallest absolute Gasteiger partial charge is 0.221 e. The summed E-state index contributed by atoms with van der Waals surface area (Å²) < 4.78 is 5.32. The molecule has 0 unspecified atom stereocenters. The summed E-state index contributed by atoms with van der Waals surface area (Å²) in [7, 11) is 0. The standard InChI is InChI=1S/C13H15ClN2O2/c1-2-18-12-6-5-10(8-11(12)14)9-16-13(17)4-3-7-15/h5-6,8H,2-4,9H2,1H3,(H,16,17). The molecule has 0 saturated carbocycles. The molecule has 0 fully saturated rings. The van der Waals surface area contributed by atoms with E-state index in [1.807, 2.05) is 19.1 Å². The average molecular weight is 267 g/mol. The van der Waals surface area contributed by atoms with Gasteiger partial charge in [0.1, 0.15) is 5.75 Å². The van der Waals surface area contributed by atoms with Crippen LogP contribution in [0.5, 0.6) is 5.75 Å². The number of nitrogens with zero attached hydrogens (tertiary/aromatic N) is 1. The van der Waals surface area contributed by atoms with Gasteiger partial charge in [0.2, 0.25) is 5.91 Å². The Kier molecular flexibility index (Phi) is 6.03. The van der Waals surface area contributed by atoms with Crippen LogP contribution in [-0.2, 0) is 11.3 Å². The molecule has 1 amide bonds. The minimum atomic E-state index is -0.137. The SMILES string of the molecule is CCOc1ccc(CNC(=O)CCC#N)cc1Cl. The van der Waals surface area contributed by atoms with Crippen molar-refractivity contribution in [3.8, 4) is 11.8 Å². The molecule has 0 heterocycles. The monoisotopic (exact) mass is 266 g/mol. The predicted octanol–water partition coefficient (Wildman–Crippen LogP) is 2.66. The summed E-state index contributed by atoms with van der Waals surface area (Å²) in [6.45, 7) is 2.85. The summed E-state index contributed by atoms with van der Waals surface area (Å²) in [5.41, 5.74) is 0.897. The van der Waals surface area contributed by atoms with E-state index in [0.29, 0.717) is 23.9 Å². The zero-order valence-electron chi connectivity index (χ0n) is 10.2. The predicted molar refractivity (Wildman–Crippen MR) is 69.3 cm³/mol. The normalized spacial score (nSPS) is 9.61. The van der Waals surface area contributed by atoms with Gasteiger partial charge in [0.25, 0.3) is 0 Å². The summed E-state index contributed by atoms with van der Waals surface area (Å²) in [4.78, 5) is 11.3. The summed E-state index contributed by atoms with van der Waals surface area (Å²) >= 11 is 6.03. The van der Waals surface area contributed by atoms with Gasteiger partial charge in [-0.25, -0.2) is 0 Å². The molecule has 0 radical (unpaired) electrons. The van der Waals surface area contributed by atoms with Gasteiger partial charge in [-0.2, -0.15) is 5.26 Å². The van der Waals surface area contributed by atoms with Crippen LogP contribution in [0.3, 0.4) is 0 Å². The van der Waals surface area contributed by atoms with Gasteiger partial charge in [0.05, 0.1) is 17.7 Å². The number of nitrogens with one attached hydrogen (secondary N) is 1. The molecule has 0 bridgehead atoms. The van der Waals surface area contributed by atoms with Gasteiger partial charge < -0.3 is 10.1 Å². The van der Waals surface area contributed by atoms with E-state index in [4.69, 9.17) is 21.6 Å². The molecule has 1 N–H and O–H groups in total. The van der Waals surface area contributed by atoms with Crippen molar-refractivity contribution in [3.63, 3.8) is 0 Å². The van der Waals surface area contributed by atoms with E-state index in [-0.39, 0.29) is 18.7 Å². The van der Waals surface area contributed by atoms with Crippen LogP contribution >= 0.6 is 11.6 Å². The largest absolute Gasteiger partial charge is 0.492 e. The van der Waals surface area contributed by atoms with E-state index in [1.165, 1.54) is 0 Å². The topological polar surface area (TPSA) is 62.1 Å². The summed E-state index contributed by atoms with van der Waals surface area (Å²) in [6.07, 6.45) is 0.455. The van der Waals surface area contributed by atoms with Crippen molar-refractivity contribution >= 4 is 17.5 Å². The lowest BCUT2D eigenvalue weighted by atomic mass is 10.2. The van der Waals surface area contributed by atoms with Gasteiger partial charge in [-0.3, -0.25) is 4.79 Å². The van der Waals surface area contributed by atoms with Crippen molar-refractivity contribution in [1.82, 2.24) is 5.32 Å². The summed E-state index contributed by atoms with van der Waals surface area (Å²) in [5, 5.41) is 11.6. The van der Waals surface area contributed by atoms with Crippen LogP contribution in [0.25, 0.3) is 0 Å². The number of carbonyl (C=O) groups excluding carboxylic acids is 1. The fourth-order valence-corrected chi connectivity index (χ4v) is 1.64. The second-order valence-electron chi connectivity index (χ2n) is 3.63. The first kappa shape index (κ1) is 14.3. The van der Waals surface area contributed by atoms with Crippen LogP contribution in [0.1, 0.15) is 25.3 Å². The van der Waals surface area contributed by atoms with Gasteiger partial charge in [-0.15, -0.1) is 0 Å². The third-order valence-electron chi connectivity index (χ3n) is 2.25. The van der Waals surface area contributed by atoms with Crippen molar-refractivity contribution in [3.05, 3.63) is 28.8 Å². The number of rotatable bonds is 6. The van der Waals surface area contributed by atoms with Crippen LogP contribution in [0.15, 0.2) is 18.2 Å². The number of hydrogen-bond acceptors (Lipinski definition) is 3. The molecular weight excluding hydrogens is 252 g/mol. The molecule has 0 aliphatic carbocycles. The highest BCUT2D eigenvalue weighted by atomic mass is 35.5. The third kappa shape index (κ3) is 4.64. The van der Waals surface area contributed by atoms with Crippen LogP contribution < -0.4 is 10.1 Å². The first-order valence-electron chi connectivity index (χ1n) is 5.72. The molecule has 0 aliphatic heterocycles. The van der Waals surface area contributed by atoms with Crippen molar-refractivity contribution in [2.24, 2.45) is 0 Å². The van der Waals surface area contributed by atoms with E-state index in [0.717, 1.165) is 5.56 Å². The molecule has 96 valence electrons. The maximum absolute atomic E-state index is 11.3. The molecule has 0 atom stereocenters. The zero-order valence-corrected chi connectivity index (χ0v) is 11.0. The van der Waals surface area contributed by atoms with Crippen LogP contribution in [0.4, 0.5) is 0 Å². The molecule has 1 aromatic carbocycles. The van der Waals surface area contributed by atoms with Crippen molar-refractivity contribution in [2.75, 3.05) is 6.61 Å². The van der Waals surface area contributed by atoms with Crippen molar-refractivity contribution in [2.45, 2.75) is 26.3 Å². The Hall–Kier alpha value is -1.73. The van der Waals surface area contributed by atoms with E-state index in [9.17, 15) is 4.79 Å². The Labute approximate surface area is 112 Å². The maximum Gasteiger partial charge on any atom is 0.221 e. The van der Waals surface area contributed by atoms with Crippen LogP contribution in [-0.4, -0.2) is 12.5 Å². The molecule has 0 aromatic heterocycles. The molecule has 1 aromatic rings. The number of hydrogen-bond donors (Lipinski definition) is 1. The van der Waals surface area contributed by atoms with Gasteiger partial charge in [0.15, 0.2) is 0 Å². The van der Waals surface area contributed by atoms with Crippen molar-refractivity contribution in [1.29, 1.82) is 5.26 Å². The Morgan fingerprint density at radius 2 is 2.33 bits per heavy atom. The molecule has 0 aliphatic rings. The minimum absolute atomic E-state index is 0.137. The average Bonchev–Trinajstić information content (AvgIpc) is 2.37. The van der Waals surface area contributed by atoms with Gasteiger partial charge in [-0.1, -0.05) is 17.7 Å². The number of benzene rings is 1. The molecule has 18 heavy (non-hydrogen) atoms. The fraction of sp³-hybridized carbons (Fsp3) is 0.385. The molecule has 0 saturated heterocycles. The second kappa shape index (κ2) is 7.57. The second-order valence-corrected chi connectivity index (χ2v) is 4.04. The highest BCUT2D eigenvalue weighted by molar-refractivity contribution is 6.32. The fourth-order valence-electron chi connectivity index (χ4n) is 1.39. The van der Waals surface area contributed by atoms with Crippen LogP contribution in [0.2, 0.25) is 5.02 Å². The number of nitriles is 1. The van der Waals surface area contributed by atoms with Gasteiger partial charge in [-0.05, 0) is 24.6 Å². The lowest BCUT2D eigenvalue weighted by Gasteiger charge is -2.08. The molecule has 0 spiro atoms. The summed E-state index contributed by atoms with van der Waals surface area (Å²) in [6, 6.07) is 7.32. The lowest BCUT2D eigenvalue weighted by molar-refractivity contribution is -0.121. The highest BCUT2D eigenvalue weighted by Crippen LogP contribution is 2.25. The Bertz CT molecular complexity index is 455. The first-order valence-corrected chi connectivity index (χ1v) is 6.10. The van der Waals surface area contributed by atoms with Crippen LogP contribution in [0, 0.1) is 11.3 Å². The lowest BCUT2D eigenvalue weighted by Crippen LogP contribution is -2.22. The third-order valence-corrected chi connectivity index (χ3v) is 2.55. The molecule has 1 rings (SSSR count). The summed E-state index contributed by atoms with van der Waals surface area (Å²) in [5.74, 6) is 0.500. The quantitative estimate of drug-likeness (QED) is 0.861. The Morgan fingerprint density at radius 1 is 1.56 bits per heavy atom. The van der Waals surface area contributed by atoms with Crippen molar-refractivity contribution < 1.29 is 9.53 Å². The van der Waals surface area contributed by atoms with E-state index >= 15 is 0 Å². The Morgan fingerprint density at radius 3 is 2.94 bits per heavy atom. The number of amides is 1. The van der Waals surface area contributed by atoms with E-state index in [1.54, 1.807) is 12.1 Å². The first-order chi connectivity index (χ1) is 8.67. The molecule has 5 heteroatoms. The zero-order chi connectivity index (χ0) is 13.4. The number of halogens is 1. The Balaban J connectivity index is 2.51. The van der Waals surface area contributed by atoms with E-state index in [2.05, 4.69) is 5.32 Å². The minimum Gasteiger partial charge on any atom is -0.492 e. The van der Waals surface area contributed by atoms with Gasteiger partial charge in [0, 0.05) is 19.4 Å². The molecular formula is C13H15ClN2O2. The van der Waals surface area contributed by atoms with Gasteiger partial charge >= 0.3 is 0 Å². The number of carbonyl (C=O) groups is 1. The highest BCUT2D eigenvalue weighted by Gasteiger charge is 2.04. The number of ether oxygens (including phenoxy) is 1. The maximum atomic E-state index is 11.3. The van der Waals surface area contributed by atoms with E-state index < -0.39 is 0 Å².